The number of carbonyl (C=O) groups excluding carboxylic acids is 2. The van der Waals surface area contributed by atoms with Crippen LogP contribution in [0.5, 0.6) is 0 Å². The number of Topliss-reactive ketones (excluding diaryl/α,β-unsaturated/α-hetero) is 2. The van der Waals surface area contributed by atoms with Gasteiger partial charge in [-0.05, 0) is 12.8 Å². The minimum atomic E-state index is -0.870. The van der Waals surface area contributed by atoms with Crippen molar-refractivity contribution in [3.63, 3.8) is 0 Å². The van der Waals surface area contributed by atoms with Gasteiger partial charge in [0, 0.05) is 12.8 Å². The number of unbranched alkanes of at least 4 members (excludes halogenated alkanes) is 12. The standard InChI is InChI=1S/C21H41NO2/c1-3-5-7-9-11-13-15-17-19(23)21(22)20(24)18-16-14-12-10-8-6-4-2/h21H,3-18,22H2,1-2H3. The highest BCUT2D eigenvalue weighted by molar-refractivity contribution is 6.06. The van der Waals surface area contributed by atoms with Crippen LogP contribution in [0.2, 0.25) is 0 Å². The molecule has 142 valence electrons. The van der Waals surface area contributed by atoms with E-state index in [4.69, 9.17) is 5.73 Å². The Kier molecular flexibility index (Phi) is 16.6. The van der Waals surface area contributed by atoms with Gasteiger partial charge in [0.1, 0.15) is 6.04 Å². The molecular weight excluding hydrogens is 298 g/mol. The van der Waals surface area contributed by atoms with E-state index in [1.807, 2.05) is 0 Å². The molecule has 0 aliphatic rings. The normalized spacial score (nSPS) is 11.2. The second-order valence-corrected chi connectivity index (χ2v) is 7.15. The first-order valence-corrected chi connectivity index (χ1v) is 10.4. The molecule has 0 aromatic rings. The van der Waals surface area contributed by atoms with E-state index >= 15 is 0 Å². The summed E-state index contributed by atoms with van der Waals surface area (Å²) in [6, 6.07) is -0.870. The van der Waals surface area contributed by atoms with Gasteiger partial charge in [-0.2, -0.15) is 0 Å². The third-order valence-electron chi connectivity index (χ3n) is 4.75. The first kappa shape index (κ1) is 23.3. The molecule has 0 radical (unpaired) electrons. The number of nitrogens with two attached hydrogens (primary N) is 1. The van der Waals surface area contributed by atoms with E-state index in [9.17, 15) is 9.59 Å². The van der Waals surface area contributed by atoms with Crippen LogP contribution in [-0.2, 0) is 9.59 Å². The van der Waals surface area contributed by atoms with Crippen LogP contribution in [0.15, 0.2) is 0 Å². The van der Waals surface area contributed by atoms with E-state index in [1.54, 1.807) is 0 Å². The fourth-order valence-corrected chi connectivity index (χ4v) is 3.00. The Morgan fingerprint density at radius 1 is 0.583 bits per heavy atom. The van der Waals surface area contributed by atoms with Gasteiger partial charge >= 0.3 is 0 Å². The van der Waals surface area contributed by atoms with Gasteiger partial charge < -0.3 is 5.73 Å². The van der Waals surface area contributed by atoms with Gasteiger partial charge in [-0.3, -0.25) is 9.59 Å². The van der Waals surface area contributed by atoms with Gasteiger partial charge in [-0.1, -0.05) is 90.9 Å². The smallest absolute Gasteiger partial charge is 0.157 e. The van der Waals surface area contributed by atoms with E-state index in [-0.39, 0.29) is 11.6 Å². The number of hydrogen-bond donors (Lipinski definition) is 1. The first-order valence-electron chi connectivity index (χ1n) is 10.4. The quantitative estimate of drug-likeness (QED) is 0.256. The molecule has 0 saturated carbocycles. The molecule has 0 heterocycles. The molecule has 0 fully saturated rings. The monoisotopic (exact) mass is 339 g/mol. The third kappa shape index (κ3) is 13.7. The van der Waals surface area contributed by atoms with Crippen molar-refractivity contribution >= 4 is 11.6 Å². The summed E-state index contributed by atoms with van der Waals surface area (Å²) < 4.78 is 0. The maximum absolute atomic E-state index is 12.0. The summed E-state index contributed by atoms with van der Waals surface area (Å²) >= 11 is 0. The zero-order chi connectivity index (χ0) is 18.0. The Labute approximate surface area is 150 Å². The highest BCUT2D eigenvalue weighted by atomic mass is 16.2. The highest BCUT2D eigenvalue weighted by Crippen LogP contribution is 2.11. The fourth-order valence-electron chi connectivity index (χ4n) is 3.00. The summed E-state index contributed by atoms with van der Waals surface area (Å²) in [7, 11) is 0. The van der Waals surface area contributed by atoms with Gasteiger partial charge in [0.25, 0.3) is 0 Å². The lowest BCUT2D eigenvalue weighted by Gasteiger charge is -2.09. The minimum Gasteiger partial charge on any atom is -0.315 e. The van der Waals surface area contributed by atoms with Crippen LogP contribution in [0.4, 0.5) is 0 Å². The van der Waals surface area contributed by atoms with Crippen LogP contribution in [0.25, 0.3) is 0 Å². The van der Waals surface area contributed by atoms with E-state index in [2.05, 4.69) is 13.8 Å². The van der Waals surface area contributed by atoms with Crippen molar-refractivity contribution in [3.05, 3.63) is 0 Å². The highest BCUT2D eigenvalue weighted by Gasteiger charge is 2.20. The first-order chi connectivity index (χ1) is 11.6. The van der Waals surface area contributed by atoms with Crippen molar-refractivity contribution in [3.8, 4) is 0 Å². The zero-order valence-electron chi connectivity index (χ0n) is 16.3. The molecule has 0 aromatic carbocycles. The molecule has 0 saturated heterocycles. The van der Waals surface area contributed by atoms with Crippen LogP contribution in [0, 0.1) is 0 Å². The van der Waals surface area contributed by atoms with Crippen LogP contribution in [-0.4, -0.2) is 17.6 Å². The second-order valence-electron chi connectivity index (χ2n) is 7.15. The molecule has 3 heteroatoms. The van der Waals surface area contributed by atoms with Crippen molar-refractivity contribution in [2.75, 3.05) is 0 Å². The average Bonchev–Trinajstić information content (AvgIpc) is 2.59. The molecular formula is C21H41NO2. The predicted octanol–water partition coefficient (Wildman–Crippen LogP) is 5.73. The van der Waals surface area contributed by atoms with E-state index < -0.39 is 6.04 Å². The second kappa shape index (κ2) is 17.1. The fraction of sp³-hybridized carbons (Fsp3) is 0.905. The molecule has 0 aromatic heterocycles. The molecule has 2 N–H and O–H groups in total. The van der Waals surface area contributed by atoms with Crippen LogP contribution < -0.4 is 5.73 Å². The molecule has 0 amide bonds. The van der Waals surface area contributed by atoms with Crippen molar-refractivity contribution < 1.29 is 9.59 Å². The summed E-state index contributed by atoms with van der Waals surface area (Å²) in [6.45, 7) is 4.42. The Hall–Kier alpha value is -0.700. The Morgan fingerprint density at radius 3 is 1.21 bits per heavy atom. The molecule has 0 spiro atoms. The zero-order valence-corrected chi connectivity index (χ0v) is 16.3. The molecule has 0 bridgehead atoms. The van der Waals surface area contributed by atoms with Gasteiger partial charge in [-0.25, -0.2) is 0 Å². The summed E-state index contributed by atoms with van der Waals surface area (Å²) in [6.07, 6.45) is 17.4. The lowest BCUT2D eigenvalue weighted by Crippen LogP contribution is -2.38. The molecule has 0 aliphatic carbocycles. The number of rotatable bonds is 18. The summed E-state index contributed by atoms with van der Waals surface area (Å²) in [4.78, 5) is 24.0. The maximum Gasteiger partial charge on any atom is 0.157 e. The molecule has 3 nitrogen and oxygen atoms in total. The molecule has 0 unspecified atom stereocenters. The van der Waals surface area contributed by atoms with Crippen LogP contribution in [0.3, 0.4) is 0 Å². The van der Waals surface area contributed by atoms with E-state index in [1.165, 1.54) is 64.2 Å². The SMILES string of the molecule is CCCCCCCCCC(=O)C(N)C(=O)CCCCCCCCC. The van der Waals surface area contributed by atoms with Crippen LogP contribution in [0.1, 0.15) is 117 Å². The number of ketones is 2. The largest absolute Gasteiger partial charge is 0.315 e. The van der Waals surface area contributed by atoms with E-state index in [0.29, 0.717) is 12.8 Å². The third-order valence-corrected chi connectivity index (χ3v) is 4.75. The van der Waals surface area contributed by atoms with Gasteiger partial charge in [0.05, 0.1) is 0 Å². The molecule has 24 heavy (non-hydrogen) atoms. The summed E-state index contributed by atoms with van der Waals surface area (Å²) in [5.74, 6) is -0.118. The lowest BCUT2D eigenvalue weighted by atomic mass is 9.98. The predicted molar refractivity (Wildman–Crippen MR) is 103 cm³/mol. The molecule has 0 rings (SSSR count). The molecule has 0 atom stereocenters. The Balaban J connectivity index is 3.59. The topological polar surface area (TPSA) is 60.2 Å². The van der Waals surface area contributed by atoms with Crippen molar-refractivity contribution in [2.45, 2.75) is 123 Å². The minimum absolute atomic E-state index is 0.0588. The van der Waals surface area contributed by atoms with Crippen molar-refractivity contribution in [1.82, 2.24) is 0 Å². The number of hydrogen-bond acceptors (Lipinski definition) is 3. The van der Waals surface area contributed by atoms with Crippen LogP contribution >= 0.6 is 0 Å². The summed E-state index contributed by atoms with van der Waals surface area (Å²) in [5, 5.41) is 0. The number of carbonyl (C=O) groups is 2. The maximum atomic E-state index is 12.0. The van der Waals surface area contributed by atoms with Crippen molar-refractivity contribution in [1.29, 1.82) is 0 Å². The Bertz CT molecular complexity index is 285. The molecule has 0 aliphatic heterocycles. The summed E-state index contributed by atoms with van der Waals surface area (Å²) in [5.41, 5.74) is 5.82. The Morgan fingerprint density at radius 2 is 0.875 bits per heavy atom. The van der Waals surface area contributed by atoms with Gasteiger partial charge in [-0.15, -0.1) is 0 Å². The van der Waals surface area contributed by atoms with Gasteiger partial charge in [0.15, 0.2) is 11.6 Å². The van der Waals surface area contributed by atoms with E-state index in [0.717, 1.165) is 25.7 Å². The van der Waals surface area contributed by atoms with Gasteiger partial charge in [0.2, 0.25) is 0 Å². The average molecular weight is 340 g/mol. The van der Waals surface area contributed by atoms with Crippen molar-refractivity contribution in [2.24, 2.45) is 5.73 Å². The lowest BCUT2D eigenvalue weighted by molar-refractivity contribution is -0.129.